The quantitative estimate of drug-likeness (QED) is 0.810. The maximum Gasteiger partial charge on any atom is 0.307 e. The molecular formula is C12H14N2O4. The average molecular weight is 250 g/mol. The van der Waals surface area contributed by atoms with Crippen molar-refractivity contribution in [3.05, 3.63) is 28.2 Å². The predicted octanol–water partition coefficient (Wildman–Crippen LogP) is 0.353. The van der Waals surface area contributed by atoms with Crippen LogP contribution in [0.2, 0.25) is 0 Å². The normalized spacial score (nSPS) is 21.4. The maximum atomic E-state index is 11.8. The van der Waals surface area contributed by atoms with Crippen LogP contribution in [0.4, 0.5) is 5.69 Å². The Balaban J connectivity index is 2.11. The van der Waals surface area contributed by atoms with E-state index in [-0.39, 0.29) is 11.5 Å². The molecule has 18 heavy (non-hydrogen) atoms. The number of amides is 1. The molecule has 0 radical (unpaired) electrons. The number of anilines is 1. The minimum Gasteiger partial charge on any atom is -0.481 e. The molecule has 0 bridgehead atoms. The van der Waals surface area contributed by atoms with Crippen LogP contribution >= 0.6 is 0 Å². The van der Waals surface area contributed by atoms with Gasteiger partial charge in [-0.1, -0.05) is 0 Å². The third kappa shape index (κ3) is 2.27. The van der Waals surface area contributed by atoms with Gasteiger partial charge in [-0.2, -0.15) is 0 Å². The van der Waals surface area contributed by atoms with Crippen LogP contribution in [0.25, 0.3) is 0 Å². The fourth-order valence-electron chi connectivity index (χ4n) is 1.84. The van der Waals surface area contributed by atoms with Crippen molar-refractivity contribution >= 4 is 17.6 Å². The summed E-state index contributed by atoms with van der Waals surface area (Å²) in [5.74, 6) is -2.27. The van der Waals surface area contributed by atoms with Gasteiger partial charge in [0.25, 0.3) is 5.56 Å². The van der Waals surface area contributed by atoms with Crippen molar-refractivity contribution in [2.75, 3.05) is 5.32 Å². The van der Waals surface area contributed by atoms with Crippen molar-refractivity contribution in [3.8, 4) is 0 Å². The monoisotopic (exact) mass is 250 g/mol. The number of aromatic nitrogens is 1. The smallest absolute Gasteiger partial charge is 0.307 e. The highest BCUT2D eigenvalue weighted by atomic mass is 16.4. The van der Waals surface area contributed by atoms with Gasteiger partial charge in [0.1, 0.15) is 0 Å². The molecule has 1 heterocycles. The summed E-state index contributed by atoms with van der Waals surface area (Å²) in [6.07, 6.45) is 1.92. The van der Waals surface area contributed by atoms with Crippen LogP contribution < -0.4 is 10.9 Å². The first-order chi connectivity index (χ1) is 8.40. The van der Waals surface area contributed by atoms with Crippen molar-refractivity contribution in [1.29, 1.82) is 0 Å². The van der Waals surface area contributed by atoms with E-state index in [0.29, 0.717) is 17.7 Å². The van der Waals surface area contributed by atoms with E-state index in [4.69, 9.17) is 5.11 Å². The Bertz CT molecular complexity index is 576. The molecule has 2 atom stereocenters. The third-order valence-corrected chi connectivity index (χ3v) is 3.14. The lowest BCUT2D eigenvalue weighted by atomic mass is 10.2. The Morgan fingerprint density at radius 2 is 2.11 bits per heavy atom. The molecule has 1 fully saturated rings. The molecule has 1 aromatic rings. The van der Waals surface area contributed by atoms with Crippen LogP contribution in [0, 0.1) is 18.8 Å². The Morgan fingerprint density at radius 3 is 2.67 bits per heavy atom. The molecule has 0 aliphatic heterocycles. The number of hydrogen-bond acceptors (Lipinski definition) is 3. The zero-order chi connectivity index (χ0) is 13.4. The van der Waals surface area contributed by atoms with Gasteiger partial charge in [-0.3, -0.25) is 14.4 Å². The largest absolute Gasteiger partial charge is 0.481 e. The highest BCUT2D eigenvalue weighted by molar-refractivity contribution is 5.98. The molecule has 1 amide bonds. The van der Waals surface area contributed by atoms with Gasteiger partial charge in [0.15, 0.2) is 0 Å². The van der Waals surface area contributed by atoms with E-state index in [9.17, 15) is 14.4 Å². The van der Waals surface area contributed by atoms with Gasteiger partial charge in [0, 0.05) is 19.3 Å². The number of hydrogen-bond donors (Lipinski definition) is 2. The van der Waals surface area contributed by atoms with Crippen LogP contribution in [0.1, 0.15) is 12.0 Å². The van der Waals surface area contributed by atoms with E-state index in [1.54, 1.807) is 14.0 Å². The molecule has 96 valence electrons. The first kappa shape index (κ1) is 12.3. The van der Waals surface area contributed by atoms with E-state index >= 15 is 0 Å². The topological polar surface area (TPSA) is 88.4 Å². The van der Waals surface area contributed by atoms with Crippen LogP contribution in [0.15, 0.2) is 17.1 Å². The van der Waals surface area contributed by atoms with Crippen LogP contribution in [-0.4, -0.2) is 21.6 Å². The molecule has 2 rings (SSSR count). The van der Waals surface area contributed by atoms with E-state index in [0.717, 1.165) is 0 Å². The fraction of sp³-hybridized carbons (Fsp3) is 0.417. The Kier molecular flexibility index (Phi) is 2.94. The van der Waals surface area contributed by atoms with Crippen LogP contribution in [0.5, 0.6) is 0 Å². The van der Waals surface area contributed by atoms with Gasteiger partial charge in [-0.05, 0) is 18.9 Å². The molecule has 0 unspecified atom stereocenters. The van der Waals surface area contributed by atoms with Crippen molar-refractivity contribution in [2.45, 2.75) is 13.3 Å². The molecule has 1 aliphatic carbocycles. The number of nitrogens with zero attached hydrogens (tertiary/aromatic N) is 1. The number of carbonyl (C=O) groups is 2. The van der Waals surface area contributed by atoms with Gasteiger partial charge in [-0.15, -0.1) is 0 Å². The van der Waals surface area contributed by atoms with Gasteiger partial charge >= 0.3 is 5.97 Å². The summed E-state index contributed by atoms with van der Waals surface area (Å²) in [5.41, 5.74) is 1.05. The number of aryl methyl sites for hydroxylation is 2. The van der Waals surface area contributed by atoms with Crippen LogP contribution in [-0.2, 0) is 16.6 Å². The summed E-state index contributed by atoms with van der Waals surface area (Å²) in [4.78, 5) is 33.8. The minimum absolute atomic E-state index is 0.152. The molecule has 0 saturated heterocycles. The second-order valence-corrected chi connectivity index (χ2v) is 4.60. The molecule has 2 N–H and O–H groups in total. The van der Waals surface area contributed by atoms with Gasteiger partial charge in [0.05, 0.1) is 17.5 Å². The lowest BCUT2D eigenvalue weighted by molar-refractivity contribution is -0.139. The van der Waals surface area contributed by atoms with Gasteiger partial charge in [0.2, 0.25) is 5.91 Å². The van der Waals surface area contributed by atoms with Crippen molar-refractivity contribution in [2.24, 2.45) is 18.9 Å². The number of rotatable bonds is 3. The Morgan fingerprint density at radius 1 is 1.44 bits per heavy atom. The zero-order valence-corrected chi connectivity index (χ0v) is 10.1. The Hall–Kier alpha value is -2.11. The number of nitrogens with one attached hydrogen (secondary N) is 1. The van der Waals surface area contributed by atoms with E-state index in [2.05, 4.69) is 5.32 Å². The van der Waals surface area contributed by atoms with E-state index < -0.39 is 17.8 Å². The molecule has 6 nitrogen and oxygen atoms in total. The van der Waals surface area contributed by atoms with E-state index in [1.807, 2.05) is 0 Å². The number of pyridine rings is 1. The molecule has 1 aromatic heterocycles. The molecule has 0 spiro atoms. The van der Waals surface area contributed by atoms with Crippen molar-refractivity contribution in [3.63, 3.8) is 0 Å². The summed E-state index contributed by atoms with van der Waals surface area (Å²) in [5, 5.41) is 11.4. The number of carboxylic acid groups (broad SMARTS) is 1. The van der Waals surface area contributed by atoms with E-state index in [1.165, 1.54) is 16.8 Å². The standard InChI is InChI=1S/C12H14N2O4/c1-6-3-10(15)14(2)5-9(6)13-11(16)7-4-8(7)12(17)18/h3,5,7-8H,4H2,1-2H3,(H,13,16)(H,17,18)/t7-,8-/m1/s1. The summed E-state index contributed by atoms with van der Waals surface area (Å²) in [6, 6.07) is 1.43. The number of aliphatic carboxylic acids is 1. The summed E-state index contributed by atoms with van der Waals surface area (Å²) < 4.78 is 1.37. The van der Waals surface area contributed by atoms with Gasteiger partial charge < -0.3 is 15.0 Å². The molecule has 1 aliphatic rings. The highest BCUT2D eigenvalue weighted by Gasteiger charge is 2.48. The highest BCUT2D eigenvalue weighted by Crippen LogP contribution is 2.39. The van der Waals surface area contributed by atoms with Gasteiger partial charge in [-0.25, -0.2) is 0 Å². The second-order valence-electron chi connectivity index (χ2n) is 4.60. The zero-order valence-electron chi connectivity index (χ0n) is 10.1. The summed E-state index contributed by atoms with van der Waals surface area (Å²) >= 11 is 0. The van der Waals surface area contributed by atoms with Crippen molar-refractivity contribution < 1.29 is 14.7 Å². The first-order valence-corrected chi connectivity index (χ1v) is 5.61. The average Bonchev–Trinajstić information content (AvgIpc) is 3.05. The summed E-state index contributed by atoms with van der Waals surface area (Å²) in [6.45, 7) is 1.72. The van der Waals surface area contributed by atoms with Crippen molar-refractivity contribution in [1.82, 2.24) is 4.57 Å². The molecule has 1 saturated carbocycles. The molecular weight excluding hydrogens is 236 g/mol. The lowest BCUT2D eigenvalue weighted by Crippen LogP contribution is -2.21. The third-order valence-electron chi connectivity index (χ3n) is 3.14. The first-order valence-electron chi connectivity index (χ1n) is 5.61. The molecule has 6 heteroatoms. The predicted molar refractivity (Wildman–Crippen MR) is 64.3 cm³/mol. The minimum atomic E-state index is -0.938. The van der Waals surface area contributed by atoms with Crippen LogP contribution in [0.3, 0.4) is 0 Å². The molecule has 0 aromatic carbocycles. The fourth-order valence-corrected chi connectivity index (χ4v) is 1.84. The number of carbonyl (C=O) groups excluding carboxylic acids is 1. The second kappa shape index (κ2) is 4.29. The Labute approximate surface area is 103 Å². The number of carboxylic acids is 1. The SMILES string of the molecule is Cc1cc(=O)n(C)cc1NC(=O)[C@@H]1C[C@H]1C(=O)O. The maximum absolute atomic E-state index is 11.8. The summed E-state index contributed by atoms with van der Waals surface area (Å²) in [7, 11) is 1.59. The lowest BCUT2D eigenvalue weighted by Gasteiger charge is -2.09.